The van der Waals surface area contributed by atoms with E-state index in [1.54, 1.807) is 19.1 Å². The number of nitrogens with one attached hydrogen (secondary N) is 1. The van der Waals surface area contributed by atoms with Crippen molar-refractivity contribution in [2.45, 2.75) is 51.5 Å². The van der Waals surface area contributed by atoms with Gasteiger partial charge in [0.05, 0.1) is 12.0 Å². The first kappa shape index (κ1) is 19.6. The molecule has 0 bridgehead atoms. The van der Waals surface area contributed by atoms with Gasteiger partial charge in [0.2, 0.25) is 11.8 Å². The Balaban J connectivity index is 1.83. The van der Waals surface area contributed by atoms with Gasteiger partial charge >= 0.3 is 0 Å². The maximum atomic E-state index is 13.7. The molecule has 1 aromatic rings. The Bertz CT molecular complexity index is 712. The van der Waals surface area contributed by atoms with Gasteiger partial charge in [-0.1, -0.05) is 31.1 Å². The predicted octanol–water partition coefficient (Wildman–Crippen LogP) is 3.91. The highest BCUT2D eigenvalue weighted by Gasteiger charge is 2.38. The van der Waals surface area contributed by atoms with Crippen molar-refractivity contribution >= 4 is 11.8 Å². The van der Waals surface area contributed by atoms with Gasteiger partial charge < -0.3 is 10.2 Å². The lowest BCUT2D eigenvalue weighted by Gasteiger charge is -2.41. The van der Waals surface area contributed by atoms with E-state index < -0.39 is 0 Å². The van der Waals surface area contributed by atoms with E-state index in [9.17, 15) is 14.0 Å². The molecule has 0 spiro atoms. The van der Waals surface area contributed by atoms with E-state index >= 15 is 0 Å². The monoisotopic (exact) mass is 372 g/mol. The lowest BCUT2D eigenvalue weighted by atomic mass is 9.86. The second-order valence-corrected chi connectivity index (χ2v) is 7.80. The first-order valence-corrected chi connectivity index (χ1v) is 9.96. The number of amides is 2. The van der Waals surface area contributed by atoms with Gasteiger partial charge in [0, 0.05) is 19.0 Å². The molecule has 2 amide bonds. The molecular weight excluding hydrogens is 343 g/mol. The lowest BCUT2D eigenvalue weighted by Crippen LogP contribution is -2.48. The lowest BCUT2D eigenvalue weighted by molar-refractivity contribution is -0.142. The van der Waals surface area contributed by atoms with Crippen LogP contribution in [0.25, 0.3) is 0 Å². The molecule has 1 saturated carbocycles. The molecule has 0 radical (unpaired) electrons. The summed E-state index contributed by atoms with van der Waals surface area (Å²) in [5.74, 6) is -0.240. The van der Waals surface area contributed by atoms with E-state index in [4.69, 9.17) is 0 Å². The molecule has 146 valence electrons. The fourth-order valence-corrected chi connectivity index (χ4v) is 4.37. The Kier molecular flexibility index (Phi) is 6.30. The molecule has 2 atom stereocenters. The summed E-state index contributed by atoms with van der Waals surface area (Å²) in [6.45, 7) is 6.24. The molecule has 0 aromatic heterocycles. The molecule has 2 unspecified atom stereocenters. The minimum absolute atomic E-state index is 0.0205. The third-order valence-electron chi connectivity index (χ3n) is 5.93. The smallest absolute Gasteiger partial charge is 0.226 e. The third-order valence-corrected chi connectivity index (χ3v) is 5.93. The van der Waals surface area contributed by atoms with Gasteiger partial charge in [0.25, 0.3) is 0 Å². The Morgan fingerprint density at radius 2 is 1.96 bits per heavy atom. The highest BCUT2D eigenvalue weighted by Crippen LogP contribution is 2.37. The summed E-state index contributed by atoms with van der Waals surface area (Å²) in [7, 11) is 0. The van der Waals surface area contributed by atoms with E-state index in [1.165, 1.54) is 6.07 Å². The summed E-state index contributed by atoms with van der Waals surface area (Å²) in [5.41, 5.74) is 1.55. The van der Waals surface area contributed by atoms with Crippen molar-refractivity contribution in [3.8, 4) is 0 Å². The zero-order chi connectivity index (χ0) is 19.4. The fraction of sp³-hybridized carbons (Fsp3) is 0.545. The summed E-state index contributed by atoms with van der Waals surface area (Å²) in [5, 5.41) is 2.86. The van der Waals surface area contributed by atoms with E-state index in [1.807, 2.05) is 11.0 Å². The van der Waals surface area contributed by atoms with E-state index in [0.717, 1.165) is 44.1 Å². The number of likely N-dealkylation sites (tertiary alicyclic amines) is 1. The van der Waals surface area contributed by atoms with Gasteiger partial charge in [-0.15, -0.1) is 6.58 Å². The Hall–Kier alpha value is -2.17. The summed E-state index contributed by atoms with van der Waals surface area (Å²) in [6.07, 6.45) is 7.14. The van der Waals surface area contributed by atoms with E-state index in [-0.39, 0.29) is 35.5 Å². The highest BCUT2D eigenvalue weighted by atomic mass is 19.1. The van der Waals surface area contributed by atoms with Crippen molar-refractivity contribution in [3.63, 3.8) is 0 Å². The number of piperidine rings is 1. The Labute approximate surface area is 160 Å². The number of halogens is 1. The fourth-order valence-electron chi connectivity index (χ4n) is 4.37. The minimum Gasteiger partial charge on any atom is -0.352 e. The van der Waals surface area contributed by atoms with Gasteiger partial charge in [-0.2, -0.15) is 0 Å². The summed E-state index contributed by atoms with van der Waals surface area (Å²) in [4.78, 5) is 27.6. The van der Waals surface area contributed by atoms with E-state index in [0.29, 0.717) is 18.7 Å². The van der Waals surface area contributed by atoms with Gasteiger partial charge in [0.15, 0.2) is 0 Å². The van der Waals surface area contributed by atoms with Crippen LogP contribution in [0, 0.1) is 24.6 Å². The second-order valence-electron chi connectivity index (χ2n) is 7.80. The zero-order valence-electron chi connectivity index (χ0n) is 16.0. The topological polar surface area (TPSA) is 49.4 Å². The van der Waals surface area contributed by atoms with Crippen molar-refractivity contribution in [1.82, 2.24) is 10.2 Å². The van der Waals surface area contributed by atoms with Crippen LogP contribution < -0.4 is 5.32 Å². The van der Waals surface area contributed by atoms with Crippen LogP contribution in [0.5, 0.6) is 0 Å². The third kappa shape index (κ3) is 4.40. The maximum absolute atomic E-state index is 13.7. The van der Waals surface area contributed by atoms with Crippen LogP contribution in [0.15, 0.2) is 30.9 Å². The van der Waals surface area contributed by atoms with Crippen LogP contribution in [0.1, 0.15) is 55.7 Å². The molecule has 27 heavy (non-hydrogen) atoms. The first-order chi connectivity index (χ1) is 13.0. The van der Waals surface area contributed by atoms with Crippen LogP contribution in [0.4, 0.5) is 4.39 Å². The molecule has 5 heteroatoms. The van der Waals surface area contributed by atoms with Crippen LogP contribution in [0.3, 0.4) is 0 Å². The molecule has 1 saturated heterocycles. The summed E-state index contributed by atoms with van der Waals surface area (Å²) >= 11 is 0. The number of hydrogen-bond donors (Lipinski definition) is 1. The predicted molar refractivity (Wildman–Crippen MR) is 103 cm³/mol. The van der Waals surface area contributed by atoms with Crippen LogP contribution in [-0.2, 0) is 9.59 Å². The maximum Gasteiger partial charge on any atom is 0.226 e. The molecule has 1 aliphatic carbocycles. The van der Waals surface area contributed by atoms with Gasteiger partial charge in [-0.05, 0) is 49.8 Å². The Morgan fingerprint density at radius 3 is 2.63 bits per heavy atom. The molecule has 2 aliphatic rings. The molecular formula is C22H29FN2O2. The number of benzene rings is 1. The van der Waals surface area contributed by atoms with Crippen LogP contribution in [-0.4, -0.2) is 29.8 Å². The van der Waals surface area contributed by atoms with Gasteiger partial charge in [-0.25, -0.2) is 4.39 Å². The first-order valence-electron chi connectivity index (χ1n) is 9.96. The van der Waals surface area contributed by atoms with Crippen molar-refractivity contribution in [3.05, 3.63) is 47.8 Å². The minimum atomic E-state index is -0.232. The molecule has 2 fully saturated rings. The van der Waals surface area contributed by atoms with E-state index in [2.05, 4.69) is 11.9 Å². The molecule has 1 heterocycles. The van der Waals surface area contributed by atoms with Crippen molar-refractivity contribution in [2.24, 2.45) is 11.8 Å². The standard InChI is InChI=1S/C22H29FN2O2/c1-3-12-24-21(26)18-9-11-20(17-8-10-19(23)15(2)13-17)25(14-18)22(27)16-6-4-5-7-16/h3,8,10,13,16,18,20H,1,4-7,9,11-12,14H2,2H3,(H,24,26). The number of carbonyl (C=O) groups excluding carboxylic acids is 2. The van der Waals surface area contributed by atoms with Gasteiger partial charge in [0.1, 0.15) is 5.82 Å². The number of aryl methyl sites for hydroxylation is 1. The number of hydrogen-bond acceptors (Lipinski definition) is 2. The van der Waals surface area contributed by atoms with Crippen molar-refractivity contribution in [2.75, 3.05) is 13.1 Å². The number of carbonyl (C=O) groups is 2. The normalized spacial score (nSPS) is 23.3. The highest BCUT2D eigenvalue weighted by molar-refractivity contribution is 5.83. The average Bonchev–Trinajstić information content (AvgIpc) is 3.22. The molecule has 1 aromatic carbocycles. The molecule has 1 aliphatic heterocycles. The summed E-state index contributed by atoms with van der Waals surface area (Å²) in [6, 6.07) is 5.01. The average molecular weight is 372 g/mol. The molecule has 3 rings (SSSR count). The molecule has 4 nitrogen and oxygen atoms in total. The van der Waals surface area contributed by atoms with Gasteiger partial charge in [-0.3, -0.25) is 9.59 Å². The summed E-state index contributed by atoms with van der Waals surface area (Å²) < 4.78 is 13.7. The number of rotatable bonds is 5. The van der Waals surface area contributed by atoms with Crippen LogP contribution in [0.2, 0.25) is 0 Å². The Morgan fingerprint density at radius 1 is 1.22 bits per heavy atom. The molecule has 1 N–H and O–H groups in total. The zero-order valence-corrected chi connectivity index (χ0v) is 16.0. The SMILES string of the molecule is C=CCNC(=O)C1CCC(c2ccc(F)c(C)c2)N(C(=O)C2CCCC2)C1. The van der Waals surface area contributed by atoms with Crippen molar-refractivity contribution < 1.29 is 14.0 Å². The second kappa shape index (κ2) is 8.68. The van der Waals surface area contributed by atoms with Crippen LogP contribution >= 0.6 is 0 Å². The quantitative estimate of drug-likeness (QED) is 0.797. The van der Waals surface area contributed by atoms with Crippen molar-refractivity contribution in [1.29, 1.82) is 0 Å². The largest absolute Gasteiger partial charge is 0.352 e. The number of nitrogens with zero attached hydrogens (tertiary/aromatic N) is 1.